The van der Waals surface area contributed by atoms with Crippen LogP contribution in [0.4, 0.5) is 5.69 Å². The number of aromatic hydroxyl groups is 1. The predicted octanol–water partition coefficient (Wildman–Crippen LogP) is 5.70. The van der Waals surface area contributed by atoms with Gasteiger partial charge in [0.15, 0.2) is 0 Å². The largest absolute Gasteiger partial charge is 0.508 e. The number of nitriles is 1. The summed E-state index contributed by atoms with van der Waals surface area (Å²) >= 11 is 3.46. The number of benzene rings is 3. The van der Waals surface area contributed by atoms with E-state index in [4.69, 9.17) is 0 Å². The minimum absolute atomic E-state index is 0.000352. The number of rotatable bonds is 5. The van der Waals surface area contributed by atoms with Crippen molar-refractivity contribution in [3.63, 3.8) is 0 Å². The van der Waals surface area contributed by atoms with E-state index in [0.717, 1.165) is 26.5 Å². The molecule has 6 heteroatoms. The zero-order valence-electron chi connectivity index (χ0n) is 16.4. The number of carbonyl (C=O) groups is 1. The number of para-hydroxylation sites is 1. The van der Waals surface area contributed by atoms with Crippen molar-refractivity contribution in [2.75, 3.05) is 5.32 Å². The number of fused-ring (bicyclic) bond motifs is 1. The molecular formula is C25H18BrN3O2. The minimum atomic E-state index is -0.502. The second kappa shape index (κ2) is 8.90. The van der Waals surface area contributed by atoms with Crippen LogP contribution in [0.3, 0.4) is 0 Å². The summed E-state index contributed by atoms with van der Waals surface area (Å²) < 4.78 is 3.13. The second-order valence-electron chi connectivity index (χ2n) is 7.03. The average molecular weight is 472 g/mol. The zero-order valence-corrected chi connectivity index (χ0v) is 18.0. The third-order valence-electron chi connectivity index (χ3n) is 4.88. The Labute approximate surface area is 188 Å². The van der Waals surface area contributed by atoms with Crippen LogP contribution in [0.25, 0.3) is 17.0 Å². The summed E-state index contributed by atoms with van der Waals surface area (Å²) in [5.74, 6) is -0.398. The maximum Gasteiger partial charge on any atom is 0.266 e. The number of amides is 1. The first-order valence-electron chi connectivity index (χ1n) is 9.58. The molecule has 0 aliphatic carbocycles. The Bertz CT molecular complexity index is 1310. The normalized spacial score (nSPS) is 11.3. The van der Waals surface area contributed by atoms with E-state index in [2.05, 4.69) is 37.9 Å². The first-order chi connectivity index (χ1) is 15.0. The first kappa shape index (κ1) is 20.5. The van der Waals surface area contributed by atoms with E-state index in [1.165, 1.54) is 12.1 Å². The monoisotopic (exact) mass is 471 g/mol. The van der Waals surface area contributed by atoms with Gasteiger partial charge in [-0.3, -0.25) is 4.79 Å². The molecule has 0 bridgehead atoms. The molecule has 0 aliphatic rings. The number of aromatic nitrogens is 1. The molecule has 1 aromatic heterocycles. The Balaban J connectivity index is 1.66. The Morgan fingerprint density at radius 2 is 1.77 bits per heavy atom. The molecule has 0 unspecified atom stereocenters. The molecule has 3 aromatic carbocycles. The van der Waals surface area contributed by atoms with Crippen molar-refractivity contribution >= 4 is 44.5 Å². The fourth-order valence-electron chi connectivity index (χ4n) is 3.35. The van der Waals surface area contributed by atoms with Gasteiger partial charge in [-0.05, 0) is 54.1 Å². The van der Waals surface area contributed by atoms with Gasteiger partial charge in [-0.25, -0.2) is 0 Å². The lowest BCUT2D eigenvalue weighted by Gasteiger charge is -2.05. The minimum Gasteiger partial charge on any atom is -0.508 e. The van der Waals surface area contributed by atoms with Crippen LogP contribution in [0.15, 0.2) is 89.0 Å². The Morgan fingerprint density at radius 1 is 1.06 bits per heavy atom. The van der Waals surface area contributed by atoms with E-state index in [9.17, 15) is 15.2 Å². The average Bonchev–Trinajstić information content (AvgIpc) is 3.12. The second-order valence-corrected chi connectivity index (χ2v) is 7.94. The van der Waals surface area contributed by atoms with Gasteiger partial charge in [-0.1, -0.05) is 46.3 Å². The van der Waals surface area contributed by atoms with E-state index in [1.54, 1.807) is 18.2 Å². The number of hydrogen-bond acceptors (Lipinski definition) is 3. The standard InChI is InChI=1S/C25H18BrN3O2/c26-20-7-5-17(6-8-20)15-29-16-19(23-3-1-2-4-24(23)29)13-18(14-27)25(31)28-21-9-11-22(30)12-10-21/h1-13,16,30H,15H2,(H,28,31)/b18-13-. The van der Waals surface area contributed by atoms with E-state index < -0.39 is 5.91 Å². The topological polar surface area (TPSA) is 78.0 Å². The van der Waals surface area contributed by atoms with Gasteiger partial charge in [0.25, 0.3) is 5.91 Å². The number of nitrogens with one attached hydrogen (secondary N) is 1. The van der Waals surface area contributed by atoms with E-state index in [-0.39, 0.29) is 11.3 Å². The van der Waals surface area contributed by atoms with Gasteiger partial charge in [0, 0.05) is 39.4 Å². The maximum absolute atomic E-state index is 12.6. The number of halogens is 1. The molecule has 0 saturated heterocycles. The highest BCUT2D eigenvalue weighted by Gasteiger charge is 2.13. The number of anilines is 1. The molecule has 0 spiro atoms. The third-order valence-corrected chi connectivity index (χ3v) is 5.40. The molecule has 1 heterocycles. The van der Waals surface area contributed by atoms with Crippen molar-refractivity contribution < 1.29 is 9.90 Å². The van der Waals surface area contributed by atoms with Crippen LogP contribution in [-0.4, -0.2) is 15.6 Å². The van der Waals surface area contributed by atoms with Crippen molar-refractivity contribution in [1.82, 2.24) is 4.57 Å². The Kier molecular flexibility index (Phi) is 5.87. The molecule has 0 atom stereocenters. The lowest BCUT2D eigenvalue weighted by atomic mass is 10.1. The lowest BCUT2D eigenvalue weighted by molar-refractivity contribution is -0.112. The fraction of sp³-hybridized carbons (Fsp3) is 0.0400. The van der Waals surface area contributed by atoms with Crippen LogP contribution < -0.4 is 5.32 Å². The summed E-state index contributed by atoms with van der Waals surface area (Å²) in [5, 5.41) is 22.6. The lowest BCUT2D eigenvalue weighted by Crippen LogP contribution is -2.13. The summed E-state index contributed by atoms with van der Waals surface area (Å²) in [6.07, 6.45) is 3.56. The fourth-order valence-corrected chi connectivity index (χ4v) is 3.62. The Hall–Kier alpha value is -3.82. The maximum atomic E-state index is 12.6. The molecule has 4 rings (SSSR count). The molecule has 2 N–H and O–H groups in total. The third kappa shape index (κ3) is 4.68. The van der Waals surface area contributed by atoms with Crippen molar-refractivity contribution in [3.8, 4) is 11.8 Å². The van der Waals surface area contributed by atoms with Crippen LogP contribution >= 0.6 is 15.9 Å². The van der Waals surface area contributed by atoms with E-state index in [1.807, 2.05) is 48.7 Å². The van der Waals surface area contributed by atoms with Crippen molar-refractivity contribution in [2.24, 2.45) is 0 Å². The van der Waals surface area contributed by atoms with Crippen LogP contribution in [0, 0.1) is 11.3 Å². The molecule has 0 aliphatic heterocycles. The zero-order chi connectivity index (χ0) is 21.8. The van der Waals surface area contributed by atoms with Gasteiger partial charge in [0.1, 0.15) is 17.4 Å². The van der Waals surface area contributed by atoms with Gasteiger partial charge in [0.05, 0.1) is 0 Å². The smallest absolute Gasteiger partial charge is 0.266 e. The number of hydrogen-bond donors (Lipinski definition) is 2. The molecule has 0 fully saturated rings. The van der Waals surface area contributed by atoms with Gasteiger partial charge in [-0.15, -0.1) is 0 Å². The van der Waals surface area contributed by atoms with Crippen molar-refractivity contribution in [3.05, 3.63) is 100 Å². The van der Waals surface area contributed by atoms with E-state index in [0.29, 0.717) is 12.2 Å². The van der Waals surface area contributed by atoms with E-state index >= 15 is 0 Å². The number of nitrogens with zero attached hydrogens (tertiary/aromatic N) is 2. The predicted molar refractivity (Wildman–Crippen MR) is 126 cm³/mol. The van der Waals surface area contributed by atoms with Crippen molar-refractivity contribution in [2.45, 2.75) is 6.54 Å². The Morgan fingerprint density at radius 3 is 2.48 bits per heavy atom. The highest BCUT2D eigenvalue weighted by Crippen LogP contribution is 2.25. The number of phenols is 1. The van der Waals surface area contributed by atoms with Crippen molar-refractivity contribution in [1.29, 1.82) is 5.26 Å². The van der Waals surface area contributed by atoms with Gasteiger partial charge in [-0.2, -0.15) is 5.26 Å². The van der Waals surface area contributed by atoms with Crippen LogP contribution in [-0.2, 0) is 11.3 Å². The van der Waals surface area contributed by atoms with Crippen LogP contribution in [0.5, 0.6) is 5.75 Å². The summed E-state index contributed by atoms with van der Waals surface area (Å²) in [7, 11) is 0. The summed E-state index contributed by atoms with van der Waals surface area (Å²) in [5.41, 5.74) is 3.46. The molecule has 152 valence electrons. The summed E-state index contributed by atoms with van der Waals surface area (Å²) in [6, 6.07) is 24.1. The van der Waals surface area contributed by atoms with Crippen LogP contribution in [0.1, 0.15) is 11.1 Å². The highest BCUT2D eigenvalue weighted by molar-refractivity contribution is 9.10. The molecule has 5 nitrogen and oxygen atoms in total. The summed E-state index contributed by atoms with van der Waals surface area (Å²) in [4.78, 5) is 12.6. The quantitative estimate of drug-likeness (QED) is 0.222. The molecule has 0 saturated carbocycles. The number of phenolic OH excluding ortho intramolecular Hbond substituents is 1. The van der Waals surface area contributed by atoms with Gasteiger partial charge in [0.2, 0.25) is 0 Å². The summed E-state index contributed by atoms with van der Waals surface area (Å²) in [6.45, 7) is 0.670. The molecule has 0 radical (unpaired) electrons. The number of carbonyl (C=O) groups excluding carboxylic acids is 1. The van der Waals surface area contributed by atoms with Gasteiger partial charge < -0.3 is 15.0 Å². The SMILES string of the molecule is N#C/C(=C/c1cn(Cc2ccc(Br)cc2)c2ccccc12)C(=O)Nc1ccc(O)cc1. The first-order valence-corrected chi connectivity index (χ1v) is 10.4. The molecular weight excluding hydrogens is 454 g/mol. The molecule has 1 amide bonds. The molecule has 4 aromatic rings. The van der Waals surface area contributed by atoms with Gasteiger partial charge >= 0.3 is 0 Å². The molecule has 31 heavy (non-hydrogen) atoms. The highest BCUT2D eigenvalue weighted by atomic mass is 79.9. The van der Waals surface area contributed by atoms with Crippen LogP contribution in [0.2, 0.25) is 0 Å².